The molecule has 1 aromatic carbocycles. The summed E-state index contributed by atoms with van der Waals surface area (Å²) in [5.74, 6) is 0. The number of hydrogen-bond donors (Lipinski definition) is 1. The van der Waals surface area contributed by atoms with Crippen molar-refractivity contribution < 1.29 is 0 Å². The minimum Gasteiger partial charge on any atom is -0.378 e. The number of hydrogen-bond acceptors (Lipinski definition) is 5. The molecule has 20 heavy (non-hydrogen) atoms. The predicted molar refractivity (Wildman–Crippen MR) is 84.0 cm³/mol. The highest BCUT2D eigenvalue weighted by Gasteiger charge is 2.04. The van der Waals surface area contributed by atoms with Crippen LogP contribution in [0.3, 0.4) is 0 Å². The first-order valence-electron chi connectivity index (χ1n) is 5.81. The molecule has 0 aliphatic heterocycles. The average molecular weight is 310 g/mol. The molecule has 0 radical (unpaired) electrons. The molecule has 0 unspecified atom stereocenters. The molecule has 0 saturated carbocycles. The molecule has 1 heterocycles. The summed E-state index contributed by atoms with van der Waals surface area (Å²) >= 11 is 11.7. The van der Waals surface area contributed by atoms with Gasteiger partial charge in [0.15, 0.2) is 5.15 Å². The normalized spacial score (nSPS) is 10.8. The maximum atomic E-state index is 5.95. The highest BCUT2D eigenvalue weighted by molar-refractivity contribution is 6.42. The van der Waals surface area contributed by atoms with E-state index in [4.69, 9.17) is 23.2 Å². The molecule has 0 bridgehead atoms. The minimum absolute atomic E-state index is 0.141. The lowest BCUT2D eigenvalue weighted by atomic mass is 10.2. The predicted octanol–water partition coefficient (Wildman–Crippen LogP) is 3.30. The van der Waals surface area contributed by atoms with E-state index in [1.807, 2.05) is 43.3 Å². The van der Waals surface area contributed by atoms with Crippen LogP contribution in [0.4, 0.5) is 11.4 Å². The fourth-order valence-corrected chi connectivity index (χ4v) is 1.74. The van der Waals surface area contributed by atoms with Crippen LogP contribution in [-0.2, 0) is 0 Å². The van der Waals surface area contributed by atoms with E-state index in [1.165, 1.54) is 6.20 Å². The molecule has 2 rings (SSSR count). The van der Waals surface area contributed by atoms with Crippen LogP contribution in [-0.4, -0.2) is 30.5 Å². The van der Waals surface area contributed by atoms with Gasteiger partial charge >= 0.3 is 0 Å². The Labute approximate surface area is 127 Å². The Morgan fingerprint density at radius 2 is 1.90 bits per heavy atom. The highest BCUT2D eigenvalue weighted by atomic mass is 35.5. The maximum Gasteiger partial charge on any atom is 0.172 e. The molecule has 0 aliphatic carbocycles. The summed E-state index contributed by atoms with van der Waals surface area (Å²) < 4.78 is 0. The summed E-state index contributed by atoms with van der Waals surface area (Å²) in [6, 6.07) is 7.97. The van der Waals surface area contributed by atoms with Crippen LogP contribution in [0.2, 0.25) is 10.2 Å². The number of rotatable bonds is 4. The third-order valence-electron chi connectivity index (χ3n) is 2.56. The largest absolute Gasteiger partial charge is 0.378 e. The van der Waals surface area contributed by atoms with E-state index in [-0.39, 0.29) is 5.15 Å². The van der Waals surface area contributed by atoms with Crippen molar-refractivity contribution in [2.45, 2.75) is 0 Å². The van der Waals surface area contributed by atoms with E-state index < -0.39 is 0 Å². The van der Waals surface area contributed by atoms with Crippen molar-refractivity contribution in [1.82, 2.24) is 10.2 Å². The first kappa shape index (κ1) is 14.6. The van der Waals surface area contributed by atoms with Crippen molar-refractivity contribution in [3.8, 4) is 0 Å². The fourth-order valence-electron chi connectivity index (χ4n) is 1.46. The topological polar surface area (TPSA) is 53.4 Å². The Hall–Kier alpha value is -1.85. The molecule has 0 saturated heterocycles. The number of anilines is 2. The molecule has 0 aliphatic rings. The minimum atomic E-state index is 0.141. The number of nitrogens with zero attached hydrogens (tertiary/aromatic N) is 4. The second-order valence-electron chi connectivity index (χ2n) is 4.22. The molecule has 104 valence electrons. The van der Waals surface area contributed by atoms with E-state index in [0.717, 1.165) is 11.3 Å². The molecule has 5 nitrogen and oxygen atoms in total. The van der Waals surface area contributed by atoms with Crippen LogP contribution in [0.15, 0.2) is 35.6 Å². The van der Waals surface area contributed by atoms with E-state index in [2.05, 4.69) is 20.7 Å². The zero-order chi connectivity index (χ0) is 14.5. The van der Waals surface area contributed by atoms with E-state index in [9.17, 15) is 0 Å². The number of benzene rings is 1. The Morgan fingerprint density at radius 1 is 1.20 bits per heavy atom. The molecule has 0 fully saturated rings. The summed E-state index contributed by atoms with van der Waals surface area (Å²) in [5, 5.41) is 11.8. The Morgan fingerprint density at radius 3 is 2.55 bits per heavy atom. The smallest absolute Gasteiger partial charge is 0.172 e. The number of halogens is 2. The standard InChI is InChI=1S/C13H13Cl2N5/c1-20(2)10-5-3-9(4-6-10)7-16-18-11-8-17-19-13(15)12(11)14/h3-8H,1-2H3,(H,18,19). The van der Waals surface area contributed by atoms with E-state index in [1.54, 1.807) is 6.21 Å². The average Bonchev–Trinajstić information content (AvgIpc) is 2.44. The fraction of sp³-hybridized carbons (Fsp3) is 0.154. The lowest BCUT2D eigenvalue weighted by Gasteiger charge is -2.11. The molecular weight excluding hydrogens is 297 g/mol. The molecule has 7 heteroatoms. The Kier molecular flexibility index (Phi) is 4.76. The van der Waals surface area contributed by atoms with Gasteiger partial charge in [-0.1, -0.05) is 35.3 Å². The van der Waals surface area contributed by atoms with Crippen molar-refractivity contribution >= 4 is 40.8 Å². The van der Waals surface area contributed by atoms with Crippen LogP contribution in [0.1, 0.15) is 5.56 Å². The molecule has 1 N–H and O–H groups in total. The first-order valence-corrected chi connectivity index (χ1v) is 6.56. The van der Waals surface area contributed by atoms with E-state index in [0.29, 0.717) is 10.7 Å². The number of nitrogens with one attached hydrogen (secondary N) is 1. The summed E-state index contributed by atoms with van der Waals surface area (Å²) in [4.78, 5) is 2.03. The van der Waals surface area contributed by atoms with Gasteiger partial charge in [-0.05, 0) is 17.7 Å². The Balaban J connectivity index is 2.04. The molecule has 0 spiro atoms. The van der Waals surface area contributed by atoms with Gasteiger partial charge in [-0.25, -0.2) is 0 Å². The zero-order valence-corrected chi connectivity index (χ0v) is 12.5. The van der Waals surface area contributed by atoms with Crippen LogP contribution < -0.4 is 10.3 Å². The highest BCUT2D eigenvalue weighted by Crippen LogP contribution is 2.26. The van der Waals surface area contributed by atoms with Gasteiger partial charge < -0.3 is 4.90 Å². The van der Waals surface area contributed by atoms with Crippen molar-refractivity contribution in [3.63, 3.8) is 0 Å². The van der Waals surface area contributed by atoms with Crippen LogP contribution in [0.25, 0.3) is 0 Å². The molecular formula is C13H13Cl2N5. The van der Waals surface area contributed by atoms with Crippen LogP contribution in [0, 0.1) is 0 Å². The third-order valence-corrected chi connectivity index (χ3v) is 3.30. The third kappa shape index (κ3) is 3.59. The van der Waals surface area contributed by atoms with Crippen molar-refractivity contribution in [2.75, 3.05) is 24.4 Å². The van der Waals surface area contributed by atoms with Crippen molar-refractivity contribution in [3.05, 3.63) is 46.2 Å². The number of hydrazone groups is 1. The monoisotopic (exact) mass is 309 g/mol. The summed E-state index contributed by atoms with van der Waals surface area (Å²) in [5.41, 5.74) is 5.38. The summed E-state index contributed by atoms with van der Waals surface area (Å²) in [6.07, 6.45) is 3.14. The van der Waals surface area contributed by atoms with Gasteiger partial charge in [-0.15, -0.1) is 5.10 Å². The van der Waals surface area contributed by atoms with E-state index >= 15 is 0 Å². The van der Waals surface area contributed by atoms with Gasteiger partial charge in [0.25, 0.3) is 0 Å². The maximum absolute atomic E-state index is 5.95. The van der Waals surface area contributed by atoms with Crippen molar-refractivity contribution in [1.29, 1.82) is 0 Å². The van der Waals surface area contributed by atoms with Gasteiger partial charge in [-0.2, -0.15) is 10.2 Å². The second kappa shape index (κ2) is 6.54. The van der Waals surface area contributed by atoms with Crippen LogP contribution >= 0.6 is 23.2 Å². The molecule has 0 atom stereocenters. The SMILES string of the molecule is CN(C)c1ccc(C=NNc2cnnc(Cl)c2Cl)cc1. The second-order valence-corrected chi connectivity index (χ2v) is 4.95. The van der Waals surface area contributed by atoms with Gasteiger partial charge in [0.1, 0.15) is 5.02 Å². The van der Waals surface area contributed by atoms with Crippen LogP contribution in [0.5, 0.6) is 0 Å². The van der Waals surface area contributed by atoms with Gasteiger partial charge in [0, 0.05) is 19.8 Å². The molecule has 1 aromatic heterocycles. The summed E-state index contributed by atoms with van der Waals surface area (Å²) in [7, 11) is 3.99. The number of aromatic nitrogens is 2. The first-order chi connectivity index (χ1) is 9.58. The summed E-state index contributed by atoms with van der Waals surface area (Å²) in [6.45, 7) is 0. The molecule has 2 aromatic rings. The lowest BCUT2D eigenvalue weighted by molar-refractivity contribution is 1.03. The quantitative estimate of drug-likeness (QED) is 0.695. The lowest BCUT2D eigenvalue weighted by Crippen LogP contribution is -2.08. The van der Waals surface area contributed by atoms with Gasteiger partial charge in [-0.3, -0.25) is 5.43 Å². The van der Waals surface area contributed by atoms with Crippen molar-refractivity contribution in [2.24, 2.45) is 5.10 Å². The molecule has 0 amide bonds. The van der Waals surface area contributed by atoms with Gasteiger partial charge in [0.05, 0.1) is 18.1 Å². The van der Waals surface area contributed by atoms with Gasteiger partial charge in [0.2, 0.25) is 0 Å². The Bertz CT molecular complexity index is 611. The zero-order valence-electron chi connectivity index (χ0n) is 11.0.